The summed E-state index contributed by atoms with van der Waals surface area (Å²) in [7, 11) is -2.39. The van der Waals surface area contributed by atoms with Crippen molar-refractivity contribution in [2.75, 3.05) is 26.8 Å². The topological polar surface area (TPSA) is 184 Å². The van der Waals surface area contributed by atoms with Crippen LogP contribution in [0.4, 0.5) is 4.39 Å². The first-order chi connectivity index (χ1) is 30.2. The van der Waals surface area contributed by atoms with Crippen LogP contribution < -0.4 is 16.2 Å². The van der Waals surface area contributed by atoms with Crippen LogP contribution >= 0.6 is 0 Å². The smallest absolute Gasteiger partial charge is 0.381 e. The lowest BCUT2D eigenvalue weighted by Gasteiger charge is -2.34. The Kier molecular flexibility index (Phi) is 9.61. The Morgan fingerprint density at radius 3 is 2.30 bits per heavy atom. The number of sulfonamides is 1. The number of carbonyl (C=O) groups is 1. The minimum Gasteiger partial charge on any atom is -0.381 e. The van der Waals surface area contributed by atoms with Gasteiger partial charge in [-0.25, -0.2) is 31.8 Å². The molecule has 16 nitrogen and oxygen atoms in total. The molecule has 1 saturated heterocycles. The summed E-state index contributed by atoms with van der Waals surface area (Å²) in [6, 6.07) is 16.9. The predicted octanol–water partition coefficient (Wildman–Crippen LogP) is 5.55. The van der Waals surface area contributed by atoms with Crippen LogP contribution in [0.15, 0.2) is 92.1 Å². The van der Waals surface area contributed by atoms with Gasteiger partial charge in [-0.3, -0.25) is 23.4 Å². The van der Waals surface area contributed by atoms with Crippen LogP contribution in [0.2, 0.25) is 0 Å². The summed E-state index contributed by atoms with van der Waals surface area (Å²) in [6.45, 7) is 9.00. The number of hydrogen-bond donors (Lipinski definition) is 2. The van der Waals surface area contributed by atoms with Crippen LogP contribution in [0.5, 0.6) is 0 Å². The van der Waals surface area contributed by atoms with Crippen LogP contribution in [0.25, 0.3) is 28.1 Å². The molecule has 3 aromatic carbocycles. The molecule has 3 atom stereocenters. The number of fused-ring (bicyclic) bond motifs is 2. The quantitative estimate of drug-likeness (QED) is 0.188. The van der Waals surface area contributed by atoms with Crippen LogP contribution in [-0.2, 0) is 26.7 Å². The average Bonchev–Trinajstić information content (AvgIpc) is 3.78. The van der Waals surface area contributed by atoms with Gasteiger partial charge in [-0.15, -0.1) is 0 Å². The predicted molar refractivity (Wildman–Crippen MR) is 230 cm³/mol. The molecule has 18 heteroatoms. The Morgan fingerprint density at radius 1 is 0.952 bits per heavy atom. The number of ether oxygens (including phenoxy) is 1. The summed E-state index contributed by atoms with van der Waals surface area (Å²) in [5.41, 5.74) is 4.19. The van der Waals surface area contributed by atoms with E-state index in [1.807, 2.05) is 17.6 Å². The van der Waals surface area contributed by atoms with Crippen molar-refractivity contribution in [1.82, 2.24) is 43.2 Å². The largest absolute Gasteiger partial charge is 0.438 e. The molecule has 6 heterocycles. The van der Waals surface area contributed by atoms with Crippen LogP contribution in [-0.4, -0.2) is 79.7 Å². The first kappa shape index (κ1) is 40.7. The molecule has 1 amide bonds. The summed E-state index contributed by atoms with van der Waals surface area (Å²) in [4.78, 5) is 47.0. The summed E-state index contributed by atoms with van der Waals surface area (Å²) < 4.78 is 59.4. The minimum absolute atomic E-state index is 0.00763. The second-order valence-electron chi connectivity index (χ2n) is 17.0. The van der Waals surface area contributed by atoms with Gasteiger partial charge in [0.15, 0.2) is 5.82 Å². The molecule has 63 heavy (non-hydrogen) atoms. The number of hydrogen-bond acceptors (Lipinski definition) is 9. The van der Waals surface area contributed by atoms with E-state index in [1.165, 1.54) is 33.9 Å². The molecule has 326 valence electrons. The molecular formula is C45H46FN9O7S. The van der Waals surface area contributed by atoms with Crippen molar-refractivity contribution in [3.8, 4) is 17.2 Å². The number of H-pyrrole nitrogens is 1. The zero-order chi connectivity index (χ0) is 44.1. The molecule has 0 spiro atoms. The zero-order valence-electron chi connectivity index (χ0n) is 35.4. The van der Waals surface area contributed by atoms with Crippen LogP contribution in [0.1, 0.15) is 89.3 Å². The average molecular weight is 876 g/mol. The highest BCUT2D eigenvalue weighted by Crippen LogP contribution is 2.56. The van der Waals surface area contributed by atoms with Crippen molar-refractivity contribution in [2.24, 2.45) is 5.92 Å². The molecule has 3 aliphatic rings. The summed E-state index contributed by atoms with van der Waals surface area (Å²) >= 11 is 0. The number of aromatic nitrogens is 7. The van der Waals surface area contributed by atoms with Crippen molar-refractivity contribution in [1.29, 1.82) is 0 Å². The summed E-state index contributed by atoms with van der Waals surface area (Å²) in [5.74, 6) is -0.212. The number of rotatable bonds is 9. The van der Waals surface area contributed by atoms with E-state index >= 15 is 9.18 Å². The van der Waals surface area contributed by atoms with Gasteiger partial charge in [0.25, 0.3) is 5.91 Å². The number of nitrogens with zero attached hydrogens (tertiary/aromatic N) is 7. The molecule has 4 aromatic heterocycles. The van der Waals surface area contributed by atoms with E-state index in [0.29, 0.717) is 89.6 Å². The van der Waals surface area contributed by atoms with E-state index < -0.39 is 33.0 Å². The van der Waals surface area contributed by atoms with Gasteiger partial charge in [0, 0.05) is 55.0 Å². The van der Waals surface area contributed by atoms with Gasteiger partial charge >= 0.3 is 11.4 Å². The number of benzene rings is 3. The van der Waals surface area contributed by atoms with Crippen molar-refractivity contribution < 1.29 is 26.9 Å². The molecule has 2 aliphatic heterocycles. The molecule has 7 aromatic rings. The van der Waals surface area contributed by atoms with Crippen LogP contribution in [0, 0.1) is 25.6 Å². The third-order valence-corrected chi connectivity index (χ3v) is 14.8. The maximum Gasteiger partial charge on any atom is 0.438 e. The standard InChI is InChI=1S/C45H46FN9O7S/c1-25-20-33(21-26(2)39(25)46)55-40(53-17-16-52(44(53)58)32-7-9-34(10-8-32)63(59,60)47-5)38-28(4)51(15-12-35(38)49-55)41(56)37-23-31-22-30(29-13-18-61-19-14-29)6-11-36(31)54(37)45(24-27(45)3)42-48-43(57)62-50-42/h6-11,16-17,20-23,27-29,47H,12-15,18-19,24H2,1-5H3,(H,48,50,57). The lowest BCUT2D eigenvalue weighted by Crippen LogP contribution is -2.41. The van der Waals surface area contributed by atoms with Crippen molar-refractivity contribution in [3.63, 3.8) is 0 Å². The lowest BCUT2D eigenvalue weighted by molar-refractivity contribution is 0.0663. The molecule has 2 N–H and O–H groups in total. The third kappa shape index (κ3) is 6.44. The molecule has 0 bridgehead atoms. The third-order valence-electron chi connectivity index (χ3n) is 13.3. The Morgan fingerprint density at radius 2 is 1.65 bits per heavy atom. The SMILES string of the molecule is CNS(=O)(=O)c1ccc(-n2ccn(-c3c4c(nn3-c3cc(C)c(F)c(C)c3)CCN(C(=O)c3cc5cc(C6CCOCC6)ccc5n3C3(c5noc(=O)[nH]5)CC3C)C4C)c2=O)cc1. The maximum absolute atomic E-state index is 15.4. The molecular weight excluding hydrogens is 830 g/mol. The monoisotopic (exact) mass is 875 g/mol. The first-order valence-corrected chi connectivity index (χ1v) is 22.5. The molecule has 2 fully saturated rings. The second kappa shape index (κ2) is 14.9. The number of halogens is 1. The Bertz CT molecular complexity index is 3180. The van der Waals surface area contributed by atoms with Gasteiger partial charge in [-0.2, -0.15) is 5.10 Å². The molecule has 0 radical (unpaired) electrons. The fourth-order valence-electron chi connectivity index (χ4n) is 9.85. The summed E-state index contributed by atoms with van der Waals surface area (Å²) in [5, 5.41) is 10.1. The highest BCUT2D eigenvalue weighted by atomic mass is 32.2. The molecule has 1 saturated carbocycles. The van der Waals surface area contributed by atoms with Crippen molar-refractivity contribution in [3.05, 3.63) is 139 Å². The molecule has 3 unspecified atom stereocenters. The van der Waals surface area contributed by atoms with Gasteiger partial charge in [0.2, 0.25) is 10.0 Å². The Balaban J connectivity index is 1.11. The van der Waals surface area contributed by atoms with E-state index in [9.17, 15) is 18.0 Å². The van der Waals surface area contributed by atoms with E-state index in [2.05, 4.69) is 40.0 Å². The number of amides is 1. The van der Waals surface area contributed by atoms with Gasteiger partial charge in [-0.05, 0) is 130 Å². The zero-order valence-corrected chi connectivity index (χ0v) is 36.2. The number of carbonyl (C=O) groups excluding carboxylic acids is 1. The number of nitrogens with one attached hydrogen (secondary N) is 2. The fraction of sp³-hybridized carbons (Fsp3) is 0.356. The summed E-state index contributed by atoms with van der Waals surface area (Å²) in [6.07, 6.45) is 5.97. The number of imidazole rings is 1. The first-order valence-electron chi connectivity index (χ1n) is 21.1. The maximum atomic E-state index is 15.4. The number of aromatic amines is 1. The van der Waals surface area contributed by atoms with Gasteiger partial charge in [0.1, 0.15) is 22.9 Å². The number of aryl methyl sites for hydroxylation is 2. The van der Waals surface area contributed by atoms with Gasteiger partial charge < -0.3 is 14.2 Å². The highest BCUT2D eigenvalue weighted by Gasteiger charge is 2.59. The Hall–Kier alpha value is -6.37. The van der Waals surface area contributed by atoms with E-state index in [-0.39, 0.29) is 22.5 Å². The lowest BCUT2D eigenvalue weighted by atomic mass is 9.91. The minimum atomic E-state index is -3.71. The van der Waals surface area contributed by atoms with Crippen LogP contribution in [0.3, 0.4) is 0 Å². The van der Waals surface area contributed by atoms with E-state index in [1.54, 1.807) is 60.1 Å². The van der Waals surface area contributed by atoms with Gasteiger partial charge in [-0.1, -0.05) is 18.1 Å². The molecule has 10 rings (SSSR count). The second-order valence-corrected chi connectivity index (χ2v) is 18.9. The van der Waals surface area contributed by atoms with Gasteiger partial charge in [0.05, 0.1) is 28.0 Å². The van der Waals surface area contributed by atoms with E-state index in [0.717, 1.165) is 23.7 Å². The molecule has 1 aliphatic carbocycles. The van der Waals surface area contributed by atoms with E-state index in [4.69, 9.17) is 14.4 Å². The normalized spacial score (nSPS) is 20.4. The highest BCUT2D eigenvalue weighted by molar-refractivity contribution is 7.89. The Labute approximate surface area is 360 Å². The van der Waals surface area contributed by atoms with Crippen molar-refractivity contribution in [2.45, 2.75) is 75.8 Å². The fourth-order valence-corrected chi connectivity index (χ4v) is 10.6. The van der Waals surface area contributed by atoms with Crippen molar-refractivity contribution >= 4 is 26.8 Å².